The van der Waals surface area contributed by atoms with E-state index in [2.05, 4.69) is 24.1 Å². The maximum atomic E-state index is 3.72. The number of likely N-dealkylation sites (tertiary alicyclic amines) is 1. The third kappa shape index (κ3) is 5.90. The Morgan fingerprint density at radius 3 is 2.38 bits per heavy atom. The van der Waals surface area contributed by atoms with Gasteiger partial charge in [0.25, 0.3) is 0 Å². The highest BCUT2D eigenvalue weighted by molar-refractivity contribution is 4.88. The first-order valence-electron chi connectivity index (χ1n) is 9.70. The summed E-state index contributed by atoms with van der Waals surface area (Å²) in [5.41, 5.74) is 0.760. The summed E-state index contributed by atoms with van der Waals surface area (Å²) in [5, 5.41) is 3.72. The predicted molar refractivity (Wildman–Crippen MR) is 92.8 cm³/mol. The summed E-state index contributed by atoms with van der Waals surface area (Å²) in [6.45, 7) is 9.78. The van der Waals surface area contributed by atoms with Crippen molar-refractivity contribution in [2.75, 3.05) is 26.2 Å². The molecule has 0 radical (unpaired) electrons. The second kappa shape index (κ2) is 9.15. The fourth-order valence-corrected chi connectivity index (χ4v) is 4.32. The van der Waals surface area contributed by atoms with Gasteiger partial charge in [0, 0.05) is 19.1 Å². The van der Waals surface area contributed by atoms with E-state index in [1.54, 1.807) is 0 Å². The Labute approximate surface area is 133 Å². The number of nitrogens with zero attached hydrogens (tertiary/aromatic N) is 1. The summed E-state index contributed by atoms with van der Waals surface area (Å²) in [6, 6.07) is 0.700. The van der Waals surface area contributed by atoms with Crippen molar-refractivity contribution in [3.05, 3.63) is 0 Å². The Kier molecular flexibility index (Phi) is 7.53. The maximum Gasteiger partial charge on any atom is 0.0107 e. The summed E-state index contributed by atoms with van der Waals surface area (Å²) < 4.78 is 0. The first kappa shape index (κ1) is 17.3. The van der Waals surface area contributed by atoms with Crippen LogP contribution in [0.4, 0.5) is 0 Å². The molecule has 0 amide bonds. The van der Waals surface area contributed by atoms with E-state index in [1.165, 1.54) is 96.8 Å². The van der Waals surface area contributed by atoms with Crippen molar-refractivity contribution < 1.29 is 0 Å². The summed E-state index contributed by atoms with van der Waals surface area (Å²) in [5.74, 6) is 0. The third-order valence-corrected chi connectivity index (χ3v) is 5.99. The minimum atomic E-state index is 0.700. The number of rotatable bonds is 8. The van der Waals surface area contributed by atoms with E-state index in [0.29, 0.717) is 6.04 Å². The van der Waals surface area contributed by atoms with Crippen LogP contribution in [0.3, 0.4) is 0 Å². The van der Waals surface area contributed by atoms with Crippen LogP contribution in [-0.4, -0.2) is 37.1 Å². The van der Waals surface area contributed by atoms with Crippen molar-refractivity contribution in [2.24, 2.45) is 5.41 Å². The van der Waals surface area contributed by atoms with Crippen LogP contribution in [0.2, 0.25) is 0 Å². The molecule has 2 aliphatic rings. The van der Waals surface area contributed by atoms with Gasteiger partial charge in [0.05, 0.1) is 0 Å². The van der Waals surface area contributed by atoms with Crippen molar-refractivity contribution in [2.45, 2.75) is 90.5 Å². The predicted octanol–water partition coefficient (Wildman–Crippen LogP) is 4.59. The molecular weight excluding hydrogens is 256 g/mol. The van der Waals surface area contributed by atoms with E-state index in [1.807, 2.05) is 0 Å². The molecule has 1 unspecified atom stereocenters. The molecule has 1 aliphatic carbocycles. The highest BCUT2D eigenvalue weighted by Crippen LogP contribution is 2.44. The summed E-state index contributed by atoms with van der Waals surface area (Å²) in [4.78, 5) is 2.70. The van der Waals surface area contributed by atoms with Gasteiger partial charge < -0.3 is 10.2 Å². The number of hydrogen-bond donors (Lipinski definition) is 1. The molecule has 1 N–H and O–H groups in total. The lowest BCUT2D eigenvalue weighted by Crippen LogP contribution is -2.44. The minimum Gasteiger partial charge on any atom is -0.313 e. The molecule has 1 saturated carbocycles. The lowest BCUT2D eigenvalue weighted by molar-refractivity contribution is 0.0680. The molecule has 1 aliphatic heterocycles. The molecule has 1 heterocycles. The third-order valence-electron chi connectivity index (χ3n) is 5.99. The molecule has 0 aromatic rings. The second-order valence-electron chi connectivity index (χ2n) is 7.75. The number of piperidine rings is 1. The fourth-order valence-electron chi connectivity index (χ4n) is 4.32. The maximum absolute atomic E-state index is 3.72. The quantitative estimate of drug-likeness (QED) is 0.659. The Balaban J connectivity index is 1.54. The zero-order valence-electron chi connectivity index (χ0n) is 14.6. The Morgan fingerprint density at radius 2 is 1.71 bits per heavy atom. The normalized spacial score (nSPS) is 24.3. The summed E-state index contributed by atoms with van der Waals surface area (Å²) in [6.07, 6.45) is 15.9. The molecule has 2 heteroatoms. The molecule has 124 valence electrons. The van der Waals surface area contributed by atoms with Crippen LogP contribution in [-0.2, 0) is 0 Å². The van der Waals surface area contributed by atoms with Gasteiger partial charge in [-0.2, -0.15) is 0 Å². The van der Waals surface area contributed by atoms with E-state index in [4.69, 9.17) is 0 Å². The fraction of sp³-hybridized carbons (Fsp3) is 1.00. The molecule has 21 heavy (non-hydrogen) atoms. The van der Waals surface area contributed by atoms with E-state index < -0.39 is 0 Å². The molecule has 0 aromatic heterocycles. The average molecular weight is 295 g/mol. The van der Waals surface area contributed by atoms with Gasteiger partial charge in [-0.1, -0.05) is 45.4 Å². The number of unbranched alkanes of at least 4 members (excludes halogenated alkanes) is 2. The number of nitrogens with one attached hydrogen (secondary N) is 1. The van der Waals surface area contributed by atoms with Crippen LogP contribution in [0.25, 0.3) is 0 Å². The van der Waals surface area contributed by atoms with Crippen LogP contribution in [0.5, 0.6) is 0 Å². The van der Waals surface area contributed by atoms with Gasteiger partial charge in [0.15, 0.2) is 0 Å². The summed E-state index contributed by atoms with van der Waals surface area (Å²) in [7, 11) is 0. The molecule has 1 spiro atoms. The van der Waals surface area contributed by atoms with Crippen LogP contribution < -0.4 is 5.32 Å². The highest BCUT2D eigenvalue weighted by atomic mass is 15.1. The first-order chi connectivity index (χ1) is 10.2. The van der Waals surface area contributed by atoms with Crippen molar-refractivity contribution >= 4 is 0 Å². The van der Waals surface area contributed by atoms with E-state index >= 15 is 0 Å². The van der Waals surface area contributed by atoms with Crippen molar-refractivity contribution in [1.29, 1.82) is 0 Å². The molecule has 2 rings (SSSR count). The molecule has 2 fully saturated rings. The SMILES string of the molecule is CCCCCC(C)NCCN1CCC2(CCCCC2)CC1. The van der Waals surface area contributed by atoms with Crippen molar-refractivity contribution in [3.8, 4) is 0 Å². The van der Waals surface area contributed by atoms with Gasteiger partial charge in [0.2, 0.25) is 0 Å². The molecule has 1 atom stereocenters. The van der Waals surface area contributed by atoms with Crippen LogP contribution in [0.15, 0.2) is 0 Å². The van der Waals surface area contributed by atoms with Gasteiger partial charge in [-0.15, -0.1) is 0 Å². The van der Waals surface area contributed by atoms with Crippen molar-refractivity contribution in [1.82, 2.24) is 10.2 Å². The molecule has 1 saturated heterocycles. The molecular formula is C19H38N2. The Hall–Kier alpha value is -0.0800. The second-order valence-corrected chi connectivity index (χ2v) is 7.75. The number of hydrogen-bond acceptors (Lipinski definition) is 2. The monoisotopic (exact) mass is 294 g/mol. The van der Waals surface area contributed by atoms with Gasteiger partial charge in [-0.3, -0.25) is 0 Å². The van der Waals surface area contributed by atoms with Gasteiger partial charge >= 0.3 is 0 Å². The zero-order chi connectivity index (χ0) is 15.0. The van der Waals surface area contributed by atoms with Gasteiger partial charge in [-0.05, 0) is 57.5 Å². The van der Waals surface area contributed by atoms with Crippen molar-refractivity contribution in [3.63, 3.8) is 0 Å². The average Bonchev–Trinajstić information content (AvgIpc) is 2.51. The lowest BCUT2D eigenvalue weighted by Gasteiger charge is -2.44. The minimum absolute atomic E-state index is 0.700. The van der Waals surface area contributed by atoms with Crippen LogP contribution >= 0.6 is 0 Å². The summed E-state index contributed by atoms with van der Waals surface area (Å²) >= 11 is 0. The van der Waals surface area contributed by atoms with E-state index in [9.17, 15) is 0 Å². The van der Waals surface area contributed by atoms with E-state index in [0.717, 1.165) is 5.41 Å². The van der Waals surface area contributed by atoms with Gasteiger partial charge in [0.1, 0.15) is 0 Å². The topological polar surface area (TPSA) is 15.3 Å². The standard InChI is InChI=1S/C19H38N2/c1-3-4-6-9-18(2)20-14-17-21-15-12-19(13-16-21)10-7-5-8-11-19/h18,20H,3-17H2,1-2H3. The first-order valence-corrected chi connectivity index (χ1v) is 9.70. The Morgan fingerprint density at radius 1 is 1.00 bits per heavy atom. The highest BCUT2D eigenvalue weighted by Gasteiger charge is 2.35. The lowest BCUT2D eigenvalue weighted by atomic mass is 9.68. The molecule has 0 aromatic carbocycles. The Bertz CT molecular complexity index is 261. The van der Waals surface area contributed by atoms with Crippen LogP contribution in [0, 0.1) is 5.41 Å². The molecule has 2 nitrogen and oxygen atoms in total. The smallest absolute Gasteiger partial charge is 0.0107 e. The molecule has 0 bridgehead atoms. The van der Waals surface area contributed by atoms with Gasteiger partial charge in [-0.25, -0.2) is 0 Å². The van der Waals surface area contributed by atoms with Crippen LogP contribution in [0.1, 0.15) is 84.5 Å². The zero-order valence-corrected chi connectivity index (χ0v) is 14.6. The van der Waals surface area contributed by atoms with E-state index in [-0.39, 0.29) is 0 Å². The largest absolute Gasteiger partial charge is 0.313 e.